The summed E-state index contributed by atoms with van der Waals surface area (Å²) < 4.78 is 0. The average Bonchev–Trinajstić information content (AvgIpc) is 2.31. The zero-order valence-corrected chi connectivity index (χ0v) is 10.4. The second kappa shape index (κ2) is 5.49. The molecule has 1 radical (unpaired) electrons. The topological polar surface area (TPSA) is 3.24 Å². The lowest BCUT2D eigenvalue weighted by atomic mass is 9.80. The summed E-state index contributed by atoms with van der Waals surface area (Å²) in [6.07, 6.45) is 7.78. The Morgan fingerprint density at radius 3 is 2.50 bits per heavy atom. The first-order chi connectivity index (χ1) is 7.79. The highest BCUT2D eigenvalue weighted by Gasteiger charge is 2.26. The largest absolute Gasteiger partial charge is 0.302 e. The molecule has 1 aromatic carbocycles. The van der Waals surface area contributed by atoms with Crippen molar-refractivity contribution in [1.82, 2.24) is 4.90 Å². The minimum Gasteiger partial charge on any atom is -0.302 e. The molecule has 87 valence electrons. The molecular formula is C15H22N. The quantitative estimate of drug-likeness (QED) is 0.745. The van der Waals surface area contributed by atoms with Crippen molar-refractivity contribution in [2.24, 2.45) is 5.92 Å². The number of hydrogen-bond acceptors (Lipinski definition) is 1. The molecule has 1 aliphatic carbocycles. The molecule has 0 N–H and O–H groups in total. The average molecular weight is 216 g/mol. The molecule has 1 saturated carbocycles. The lowest BCUT2D eigenvalue weighted by Gasteiger charge is -2.35. The van der Waals surface area contributed by atoms with E-state index in [1.807, 2.05) is 0 Å². The number of benzene rings is 1. The van der Waals surface area contributed by atoms with Gasteiger partial charge < -0.3 is 4.90 Å². The van der Waals surface area contributed by atoms with Crippen LogP contribution in [-0.4, -0.2) is 19.0 Å². The molecule has 2 atom stereocenters. The molecule has 2 unspecified atom stereocenters. The smallest absolute Gasteiger partial charge is 0.0370 e. The van der Waals surface area contributed by atoms with Crippen LogP contribution >= 0.6 is 0 Å². The Balaban J connectivity index is 2.16. The van der Waals surface area contributed by atoms with Gasteiger partial charge in [-0.25, -0.2) is 0 Å². The van der Waals surface area contributed by atoms with Crippen LogP contribution in [0, 0.1) is 12.3 Å². The Morgan fingerprint density at radius 2 is 1.94 bits per heavy atom. The van der Waals surface area contributed by atoms with Gasteiger partial charge in [-0.3, -0.25) is 0 Å². The van der Waals surface area contributed by atoms with Crippen molar-refractivity contribution in [1.29, 1.82) is 0 Å². The van der Waals surface area contributed by atoms with E-state index < -0.39 is 0 Å². The maximum Gasteiger partial charge on any atom is 0.0370 e. The van der Waals surface area contributed by atoms with E-state index in [1.165, 1.54) is 31.2 Å². The van der Waals surface area contributed by atoms with Crippen LogP contribution in [-0.2, 0) is 0 Å². The van der Waals surface area contributed by atoms with E-state index in [4.69, 9.17) is 0 Å². The van der Waals surface area contributed by atoms with E-state index in [0.717, 1.165) is 5.92 Å². The number of rotatable bonds is 3. The van der Waals surface area contributed by atoms with Crippen molar-refractivity contribution in [3.63, 3.8) is 0 Å². The summed E-state index contributed by atoms with van der Waals surface area (Å²) in [7, 11) is 4.40. The molecule has 1 fully saturated rings. The highest BCUT2D eigenvalue weighted by Crippen LogP contribution is 2.36. The maximum absolute atomic E-state index is 2.47. The molecule has 1 aliphatic rings. The van der Waals surface area contributed by atoms with E-state index in [-0.39, 0.29) is 0 Å². The lowest BCUT2D eigenvalue weighted by molar-refractivity contribution is 0.187. The molecule has 0 saturated heterocycles. The van der Waals surface area contributed by atoms with Crippen LogP contribution in [0.3, 0.4) is 0 Å². The molecule has 0 aromatic heterocycles. The summed E-state index contributed by atoms with van der Waals surface area (Å²) in [5, 5.41) is 0. The van der Waals surface area contributed by atoms with Gasteiger partial charge in [0.2, 0.25) is 0 Å². The van der Waals surface area contributed by atoms with Crippen molar-refractivity contribution < 1.29 is 0 Å². The highest BCUT2D eigenvalue weighted by atomic mass is 15.1. The zero-order valence-electron chi connectivity index (χ0n) is 10.4. The number of nitrogens with zero attached hydrogens (tertiary/aromatic N) is 1. The van der Waals surface area contributed by atoms with Gasteiger partial charge in [-0.15, -0.1) is 0 Å². The summed E-state index contributed by atoms with van der Waals surface area (Å²) in [5.74, 6) is 0.797. The predicted molar refractivity (Wildman–Crippen MR) is 69.1 cm³/mol. The molecule has 0 amide bonds. The fourth-order valence-electron chi connectivity index (χ4n) is 2.90. The normalized spacial score (nSPS) is 19.9. The first kappa shape index (κ1) is 11.7. The van der Waals surface area contributed by atoms with Crippen LogP contribution in [0.5, 0.6) is 0 Å². The van der Waals surface area contributed by atoms with E-state index in [2.05, 4.69) is 55.7 Å². The molecule has 0 heterocycles. The van der Waals surface area contributed by atoms with Gasteiger partial charge in [0.25, 0.3) is 0 Å². The van der Waals surface area contributed by atoms with Crippen LogP contribution in [0.1, 0.15) is 37.3 Å². The first-order valence-electron chi connectivity index (χ1n) is 6.32. The molecule has 0 aliphatic heterocycles. The van der Waals surface area contributed by atoms with Crippen molar-refractivity contribution in [3.05, 3.63) is 42.3 Å². The summed E-state index contributed by atoms with van der Waals surface area (Å²) in [4.78, 5) is 2.37. The molecule has 1 aromatic rings. The zero-order chi connectivity index (χ0) is 11.4. The van der Waals surface area contributed by atoms with Gasteiger partial charge >= 0.3 is 0 Å². The van der Waals surface area contributed by atoms with Crippen molar-refractivity contribution in [2.75, 3.05) is 14.1 Å². The van der Waals surface area contributed by atoms with Crippen LogP contribution in [0.4, 0.5) is 0 Å². The second-order valence-corrected chi connectivity index (χ2v) is 5.03. The lowest BCUT2D eigenvalue weighted by Crippen LogP contribution is -2.28. The summed E-state index contributed by atoms with van der Waals surface area (Å²) in [5.41, 5.74) is 1.47. The molecular weight excluding hydrogens is 194 g/mol. The Morgan fingerprint density at radius 1 is 1.19 bits per heavy atom. The molecule has 16 heavy (non-hydrogen) atoms. The molecule has 0 spiro atoms. The van der Waals surface area contributed by atoms with Crippen molar-refractivity contribution in [3.8, 4) is 0 Å². The van der Waals surface area contributed by atoms with Gasteiger partial charge in [-0.1, -0.05) is 43.2 Å². The van der Waals surface area contributed by atoms with Crippen molar-refractivity contribution >= 4 is 0 Å². The monoisotopic (exact) mass is 216 g/mol. The molecule has 2 rings (SSSR count). The van der Waals surface area contributed by atoms with Gasteiger partial charge in [0.05, 0.1) is 0 Å². The number of hydrogen-bond donors (Lipinski definition) is 0. The molecule has 1 heteroatoms. The summed E-state index contributed by atoms with van der Waals surface area (Å²) in [6.45, 7) is 0. The Labute approximate surface area is 99.5 Å². The van der Waals surface area contributed by atoms with Gasteiger partial charge in [0.15, 0.2) is 0 Å². The van der Waals surface area contributed by atoms with Gasteiger partial charge in [0.1, 0.15) is 0 Å². The van der Waals surface area contributed by atoms with Crippen molar-refractivity contribution in [2.45, 2.75) is 31.7 Å². The van der Waals surface area contributed by atoms with Crippen LogP contribution in [0.15, 0.2) is 30.3 Å². The fourth-order valence-corrected chi connectivity index (χ4v) is 2.90. The van der Waals surface area contributed by atoms with Gasteiger partial charge in [0, 0.05) is 6.04 Å². The predicted octanol–water partition coefficient (Wildman–Crippen LogP) is 3.68. The standard InChI is InChI=1S/C15H22N/c1-16(2)15(13-9-5-3-6-10-13)14-11-7-4-8-12-14/h3,5-7,9-10,14-15H,4,8,11-12H2,1-2H3. The van der Waals surface area contributed by atoms with E-state index in [1.54, 1.807) is 0 Å². The van der Waals surface area contributed by atoms with Gasteiger partial charge in [-0.2, -0.15) is 0 Å². The fraction of sp³-hybridized carbons (Fsp3) is 0.533. The third kappa shape index (κ3) is 2.65. The Bertz CT molecular complexity index is 298. The van der Waals surface area contributed by atoms with E-state index in [9.17, 15) is 0 Å². The van der Waals surface area contributed by atoms with Crippen LogP contribution in [0.2, 0.25) is 0 Å². The summed E-state index contributed by atoms with van der Waals surface area (Å²) >= 11 is 0. The summed E-state index contributed by atoms with van der Waals surface area (Å²) in [6, 6.07) is 11.5. The minimum atomic E-state index is 0.581. The van der Waals surface area contributed by atoms with Gasteiger partial charge in [-0.05, 0) is 44.8 Å². The van der Waals surface area contributed by atoms with Crippen LogP contribution < -0.4 is 0 Å². The second-order valence-electron chi connectivity index (χ2n) is 5.03. The third-order valence-electron chi connectivity index (χ3n) is 3.60. The van der Waals surface area contributed by atoms with Crippen LogP contribution in [0.25, 0.3) is 0 Å². The minimum absolute atomic E-state index is 0.581. The maximum atomic E-state index is 2.47. The molecule has 0 bridgehead atoms. The SMILES string of the molecule is CN(C)C(c1ccccc1)C1C[CH]CCC1. The Hall–Kier alpha value is -0.820. The molecule has 1 nitrogen and oxygen atoms in total. The Kier molecular flexibility index (Phi) is 4.00. The van der Waals surface area contributed by atoms with E-state index >= 15 is 0 Å². The highest BCUT2D eigenvalue weighted by molar-refractivity contribution is 5.20. The third-order valence-corrected chi connectivity index (χ3v) is 3.60. The first-order valence-corrected chi connectivity index (χ1v) is 6.32. The van der Waals surface area contributed by atoms with E-state index in [0.29, 0.717) is 6.04 Å².